The van der Waals surface area contributed by atoms with Crippen molar-refractivity contribution < 1.29 is 15.0 Å². The van der Waals surface area contributed by atoms with Gasteiger partial charge in [0, 0.05) is 0 Å². The fourth-order valence-electron chi connectivity index (χ4n) is 1.95. The molecule has 0 aromatic rings. The largest absolute Gasteiger partial charge is 0.854 e. The number of hydrogen-bond acceptors (Lipinski definition) is 2. The Morgan fingerprint density at radius 2 is 1.87 bits per heavy atom. The van der Waals surface area contributed by atoms with Gasteiger partial charge < -0.3 is 10.2 Å². The number of rotatable bonds is 7. The average molecular weight is 215 g/mol. The SMILES string of the molecule is CCCCC(C)(CC(C)(C)C[O-])C(=O)O. The van der Waals surface area contributed by atoms with Crippen molar-refractivity contribution in [2.45, 2.75) is 53.4 Å². The Morgan fingerprint density at radius 1 is 1.33 bits per heavy atom. The minimum absolute atomic E-state index is 0.220. The summed E-state index contributed by atoms with van der Waals surface area (Å²) in [4.78, 5) is 11.2. The lowest BCUT2D eigenvalue weighted by molar-refractivity contribution is -0.391. The highest BCUT2D eigenvalue weighted by Gasteiger charge is 2.36. The van der Waals surface area contributed by atoms with Gasteiger partial charge in [0.05, 0.1) is 5.41 Å². The van der Waals surface area contributed by atoms with Crippen LogP contribution in [0.15, 0.2) is 0 Å². The number of hydrogen-bond donors (Lipinski definition) is 1. The Bertz CT molecular complexity index is 211. The van der Waals surface area contributed by atoms with E-state index < -0.39 is 16.8 Å². The summed E-state index contributed by atoms with van der Waals surface area (Å²) in [5, 5.41) is 20.1. The molecule has 0 aromatic carbocycles. The molecule has 0 fully saturated rings. The van der Waals surface area contributed by atoms with Gasteiger partial charge in [-0.15, -0.1) is 6.61 Å². The van der Waals surface area contributed by atoms with Crippen LogP contribution in [-0.4, -0.2) is 17.7 Å². The first kappa shape index (κ1) is 14.4. The van der Waals surface area contributed by atoms with Crippen LogP contribution >= 0.6 is 0 Å². The maximum Gasteiger partial charge on any atom is 0.309 e. The molecule has 3 heteroatoms. The van der Waals surface area contributed by atoms with Crippen molar-refractivity contribution >= 4 is 5.97 Å². The number of aliphatic carboxylic acids is 1. The van der Waals surface area contributed by atoms with E-state index in [-0.39, 0.29) is 6.61 Å². The van der Waals surface area contributed by atoms with E-state index >= 15 is 0 Å². The summed E-state index contributed by atoms with van der Waals surface area (Å²) in [6.07, 6.45) is 3.00. The summed E-state index contributed by atoms with van der Waals surface area (Å²) < 4.78 is 0. The smallest absolute Gasteiger partial charge is 0.309 e. The predicted octanol–water partition coefficient (Wildman–Crippen LogP) is 2.04. The Labute approximate surface area is 92.5 Å². The molecule has 0 saturated carbocycles. The minimum atomic E-state index is -0.780. The van der Waals surface area contributed by atoms with Gasteiger partial charge in [-0.3, -0.25) is 4.79 Å². The fourth-order valence-corrected chi connectivity index (χ4v) is 1.95. The molecule has 1 N–H and O–H groups in total. The molecule has 0 rings (SSSR count). The van der Waals surface area contributed by atoms with Gasteiger partial charge in [0.1, 0.15) is 0 Å². The zero-order valence-electron chi connectivity index (χ0n) is 10.3. The molecule has 0 aliphatic heterocycles. The van der Waals surface area contributed by atoms with Crippen LogP contribution in [0.25, 0.3) is 0 Å². The molecule has 0 amide bonds. The van der Waals surface area contributed by atoms with Crippen LogP contribution in [0.5, 0.6) is 0 Å². The molecule has 0 radical (unpaired) electrons. The number of carbonyl (C=O) groups is 1. The molecule has 0 bridgehead atoms. The molecule has 0 spiro atoms. The van der Waals surface area contributed by atoms with Gasteiger partial charge in [-0.05, 0) is 25.2 Å². The standard InChI is InChI=1S/C12H23O3/c1-5-6-7-12(4,10(14)15)8-11(2,3)9-13/h5-9H2,1-4H3,(H,14,15)/q-1. The molecular weight excluding hydrogens is 192 g/mol. The Hall–Kier alpha value is -0.570. The van der Waals surface area contributed by atoms with Crippen molar-refractivity contribution in [3.05, 3.63) is 0 Å². The molecule has 15 heavy (non-hydrogen) atoms. The highest BCUT2D eigenvalue weighted by Crippen LogP contribution is 2.37. The van der Waals surface area contributed by atoms with E-state index in [0.29, 0.717) is 12.8 Å². The molecule has 1 unspecified atom stereocenters. The van der Waals surface area contributed by atoms with Crippen molar-refractivity contribution in [1.82, 2.24) is 0 Å². The first-order valence-electron chi connectivity index (χ1n) is 5.59. The summed E-state index contributed by atoms with van der Waals surface area (Å²) in [6.45, 7) is 7.26. The van der Waals surface area contributed by atoms with Gasteiger partial charge in [-0.25, -0.2) is 0 Å². The van der Waals surface area contributed by atoms with E-state index in [9.17, 15) is 15.0 Å². The monoisotopic (exact) mass is 215 g/mol. The van der Waals surface area contributed by atoms with Crippen molar-refractivity contribution in [2.24, 2.45) is 10.8 Å². The molecule has 1 atom stereocenters. The maximum atomic E-state index is 11.2. The Morgan fingerprint density at radius 3 is 2.20 bits per heavy atom. The second-order valence-electron chi connectivity index (χ2n) is 5.45. The normalized spacial score (nSPS) is 16.1. The minimum Gasteiger partial charge on any atom is -0.854 e. The van der Waals surface area contributed by atoms with E-state index in [2.05, 4.69) is 0 Å². The third kappa shape index (κ3) is 4.65. The van der Waals surface area contributed by atoms with E-state index in [1.165, 1.54) is 0 Å². The number of carboxylic acids is 1. The summed E-state index contributed by atoms with van der Waals surface area (Å²) >= 11 is 0. The van der Waals surface area contributed by atoms with Crippen molar-refractivity contribution in [2.75, 3.05) is 6.61 Å². The van der Waals surface area contributed by atoms with Crippen LogP contribution in [0, 0.1) is 10.8 Å². The van der Waals surface area contributed by atoms with Gasteiger partial charge in [0.2, 0.25) is 0 Å². The van der Waals surface area contributed by atoms with Crippen LogP contribution < -0.4 is 5.11 Å². The first-order chi connectivity index (χ1) is 6.77. The second kappa shape index (κ2) is 5.50. The van der Waals surface area contributed by atoms with E-state index in [1.807, 2.05) is 20.8 Å². The Kier molecular flexibility index (Phi) is 5.29. The first-order valence-corrected chi connectivity index (χ1v) is 5.59. The second-order valence-corrected chi connectivity index (χ2v) is 5.45. The lowest BCUT2D eigenvalue weighted by atomic mass is 9.72. The van der Waals surface area contributed by atoms with Crippen molar-refractivity contribution in [3.8, 4) is 0 Å². The average Bonchev–Trinajstić information content (AvgIpc) is 2.14. The highest BCUT2D eigenvalue weighted by molar-refractivity contribution is 5.74. The van der Waals surface area contributed by atoms with E-state index in [4.69, 9.17) is 0 Å². The van der Waals surface area contributed by atoms with Gasteiger partial charge in [0.25, 0.3) is 0 Å². The highest BCUT2D eigenvalue weighted by atomic mass is 16.4. The third-order valence-electron chi connectivity index (χ3n) is 2.86. The third-order valence-corrected chi connectivity index (χ3v) is 2.86. The van der Waals surface area contributed by atoms with Crippen molar-refractivity contribution in [1.29, 1.82) is 0 Å². The zero-order chi connectivity index (χ0) is 12.1. The topological polar surface area (TPSA) is 60.4 Å². The summed E-state index contributed by atoms with van der Waals surface area (Å²) in [5.41, 5.74) is -1.18. The lowest BCUT2D eigenvalue weighted by Crippen LogP contribution is -2.37. The lowest BCUT2D eigenvalue weighted by Gasteiger charge is -2.36. The van der Waals surface area contributed by atoms with Crippen LogP contribution in [-0.2, 0) is 4.79 Å². The zero-order valence-corrected chi connectivity index (χ0v) is 10.3. The summed E-state index contributed by atoms with van der Waals surface area (Å²) in [6, 6.07) is 0. The van der Waals surface area contributed by atoms with Crippen molar-refractivity contribution in [3.63, 3.8) is 0 Å². The quantitative estimate of drug-likeness (QED) is 0.707. The van der Waals surface area contributed by atoms with E-state index in [0.717, 1.165) is 12.8 Å². The fraction of sp³-hybridized carbons (Fsp3) is 0.917. The predicted molar refractivity (Wildman–Crippen MR) is 58.5 cm³/mol. The molecule has 0 saturated heterocycles. The number of carboxylic acid groups (broad SMARTS) is 1. The van der Waals surface area contributed by atoms with Gasteiger partial charge in [-0.2, -0.15) is 0 Å². The molecule has 0 aromatic heterocycles. The molecular formula is C12H23O3-. The van der Waals surface area contributed by atoms with Gasteiger partial charge >= 0.3 is 5.97 Å². The summed E-state index contributed by atoms with van der Waals surface area (Å²) in [7, 11) is 0. The molecule has 0 aliphatic rings. The van der Waals surface area contributed by atoms with Crippen LogP contribution in [0.2, 0.25) is 0 Å². The number of unbranched alkanes of at least 4 members (excludes halogenated alkanes) is 1. The van der Waals surface area contributed by atoms with Crippen LogP contribution in [0.4, 0.5) is 0 Å². The molecule has 0 aliphatic carbocycles. The molecule has 3 nitrogen and oxygen atoms in total. The molecule has 0 heterocycles. The van der Waals surface area contributed by atoms with Crippen LogP contribution in [0.3, 0.4) is 0 Å². The van der Waals surface area contributed by atoms with Gasteiger partial charge in [0.15, 0.2) is 0 Å². The van der Waals surface area contributed by atoms with E-state index in [1.54, 1.807) is 6.92 Å². The van der Waals surface area contributed by atoms with Crippen LogP contribution in [0.1, 0.15) is 53.4 Å². The van der Waals surface area contributed by atoms with Gasteiger partial charge in [-0.1, -0.05) is 33.6 Å². The maximum absolute atomic E-state index is 11.2. The Balaban J connectivity index is 4.58. The molecule has 90 valence electrons. The summed E-state index contributed by atoms with van der Waals surface area (Å²) in [5.74, 6) is -0.780.